The number of aromatic nitrogens is 1. The largest absolute Gasteiger partial charge is 0.316 e. The van der Waals surface area contributed by atoms with E-state index in [0.29, 0.717) is 0 Å². The van der Waals surface area contributed by atoms with Gasteiger partial charge in [-0.05, 0) is 35.2 Å². The van der Waals surface area contributed by atoms with Crippen LogP contribution in [0.2, 0.25) is 0 Å². The Balaban J connectivity index is 2.17. The molecule has 0 atom stereocenters. The minimum atomic E-state index is 1.25. The van der Waals surface area contributed by atoms with Crippen LogP contribution in [-0.2, 0) is 0 Å². The van der Waals surface area contributed by atoms with Crippen molar-refractivity contribution >= 4 is 16.4 Å². The maximum Gasteiger partial charge on any atom is 0.0534 e. The van der Waals surface area contributed by atoms with Crippen molar-refractivity contribution in [2.75, 3.05) is 0 Å². The molecule has 0 unspecified atom stereocenters. The van der Waals surface area contributed by atoms with Gasteiger partial charge in [0.1, 0.15) is 0 Å². The summed E-state index contributed by atoms with van der Waals surface area (Å²) in [6.07, 6.45) is 2.13. The fourth-order valence-electron chi connectivity index (χ4n) is 2.72. The molecule has 0 aliphatic carbocycles. The van der Waals surface area contributed by atoms with Gasteiger partial charge in [0.05, 0.1) is 11.0 Å². The highest BCUT2D eigenvalue weighted by Gasteiger charge is 2.07. The van der Waals surface area contributed by atoms with E-state index in [2.05, 4.69) is 83.4 Å². The second kappa shape index (κ2) is 3.99. The van der Waals surface area contributed by atoms with Crippen molar-refractivity contribution in [2.45, 2.75) is 0 Å². The molecule has 2 aromatic heterocycles. The summed E-state index contributed by atoms with van der Waals surface area (Å²) in [7, 11) is 0. The highest BCUT2D eigenvalue weighted by atomic mass is 14.9. The summed E-state index contributed by atoms with van der Waals surface area (Å²) < 4.78 is 2.26. The Morgan fingerprint density at radius 1 is 0.632 bits per heavy atom. The molecule has 4 rings (SSSR count). The van der Waals surface area contributed by atoms with Crippen molar-refractivity contribution in [2.24, 2.45) is 0 Å². The molecule has 90 valence electrons. The summed E-state index contributed by atoms with van der Waals surface area (Å²) in [6.45, 7) is 0. The van der Waals surface area contributed by atoms with Crippen LogP contribution in [0.1, 0.15) is 0 Å². The van der Waals surface area contributed by atoms with Gasteiger partial charge in [-0.3, -0.25) is 0 Å². The van der Waals surface area contributed by atoms with Crippen LogP contribution < -0.4 is 0 Å². The smallest absolute Gasteiger partial charge is 0.0534 e. The van der Waals surface area contributed by atoms with E-state index in [4.69, 9.17) is 0 Å². The molecule has 0 spiro atoms. The SMILES string of the molecule is c1ccc(-c2cc3ccccc3n3cccc23)cc1. The Labute approximate surface area is 111 Å². The molecule has 2 heterocycles. The number of hydrogen-bond acceptors (Lipinski definition) is 0. The molecule has 2 aromatic carbocycles. The molecule has 0 fully saturated rings. The molecular formula is C18H13N. The van der Waals surface area contributed by atoms with Crippen molar-refractivity contribution < 1.29 is 0 Å². The number of fused-ring (bicyclic) bond motifs is 3. The van der Waals surface area contributed by atoms with Gasteiger partial charge < -0.3 is 4.40 Å². The molecule has 0 N–H and O–H groups in total. The number of pyridine rings is 1. The minimum Gasteiger partial charge on any atom is -0.316 e. The highest BCUT2D eigenvalue weighted by Crippen LogP contribution is 2.29. The van der Waals surface area contributed by atoms with Crippen LogP contribution in [0, 0.1) is 0 Å². The highest BCUT2D eigenvalue weighted by molar-refractivity contribution is 5.93. The molecule has 1 heteroatoms. The van der Waals surface area contributed by atoms with Crippen LogP contribution in [0.4, 0.5) is 0 Å². The van der Waals surface area contributed by atoms with Crippen molar-refractivity contribution in [1.29, 1.82) is 0 Å². The number of rotatable bonds is 1. The molecule has 1 nitrogen and oxygen atoms in total. The van der Waals surface area contributed by atoms with Crippen LogP contribution >= 0.6 is 0 Å². The monoisotopic (exact) mass is 243 g/mol. The second-order valence-electron chi connectivity index (χ2n) is 4.75. The lowest BCUT2D eigenvalue weighted by Gasteiger charge is -2.09. The third kappa shape index (κ3) is 1.55. The van der Waals surface area contributed by atoms with Crippen LogP contribution in [0.25, 0.3) is 27.5 Å². The van der Waals surface area contributed by atoms with Crippen LogP contribution in [0.5, 0.6) is 0 Å². The van der Waals surface area contributed by atoms with Crippen molar-refractivity contribution in [1.82, 2.24) is 4.40 Å². The van der Waals surface area contributed by atoms with E-state index in [9.17, 15) is 0 Å². The Morgan fingerprint density at radius 3 is 2.26 bits per heavy atom. The van der Waals surface area contributed by atoms with Gasteiger partial charge in [-0.25, -0.2) is 0 Å². The van der Waals surface area contributed by atoms with Gasteiger partial charge in [0.15, 0.2) is 0 Å². The Kier molecular flexibility index (Phi) is 2.18. The summed E-state index contributed by atoms with van der Waals surface area (Å²) in [4.78, 5) is 0. The van der Waals surface area contributed by atoms with E-state index >= 15 is 0 Å². The summed E-state index contributed by atoms with van der Waals surface area (Å²) in [5.41, 5.74) is 5.05. The lowest BCUT2D eigenvalue weighted by atomic mass is 10.0. The van der Waals surface area contributed by atoms with E-state index in [-0.39, 0.29) is 0 Å². The van der Waals surface area contributed by atoms with Gasteiger partial charge >= 0.3 is 0 Å². The van der Waals surface area contributed by atoms with Gasteiger partial charge in [0, 0.05) is 11.8 Å². The van der Waals surface area contributed by atoms with Crippen molar-refractivity contribution in [3.05, 3.63) is 79.0 Å². The van der Waals surface area contributed by atoms with Gasteiger partial charge in [-0.2, -0.15) is 0 Å². The zero-order valence-electron chi connectivity index (χ0n) is 10.5. The zero-order valence-corrected chi connectivity index (χ0v) is 10.5. The molecule has 0 aliphatic heterocycles. The summed E-state index contributed by atoms with van der Waals surface area (Å²) >= 11 is 0. The molecule has 0 radical (unpaired) electrons. The first-order chi connectivity index (χ1) is 9.43. The van der Waals surface area contributed by atoms with Gasteiger partial charge in [0.2, 0.25) is 0 Å². The maximum atomic E-state index is 2.28. The number of benzene rings is 2. The lowest BCUT2D eigenvalue weighted by molar-refractivity contribution is 1.27. The third-order valence-corrected chi connectivity index (χ3v) is 3.61. The molecule has 19 heavy (non-hydrogen) atoms. The molecule has 0 saturated heterocycles. The fraction of sp³-hybridized carbons (Fsp3) is 0. The van der Waals surface area contributed by atoms with Crippen molar-refractivity contribution in [3.8, 4) is 11.1 Å². The first-order valence-corrected chi connectivity index (χ1v) is 6.48. The van der Waals surface area contributed by atoms with Crippen molar-refractivity contribution in [3.63, 3.8) is 0 Å². The first kappa shape index (κ1) is 10.4. The zero-order chi connectivity index (χ0) is 12.7. The second-order valence-corrected chi connectivity index (χ2v) is 4.75. The van der Waals surface area contributed by atoms with Crippen LogP contribution in [0.3, 0.4) is 0 Å². The minimum absolute atomic E-state index is 1.25. The summed E-state index contributed by atoms with van der Waals surface area (Å²) in [6, 6.07) is 25.6. The predicted molar refractivity (Wildman–Crippen MR) is 80.3 cm³/mol. The number of para-hydroxylation sites is 1. The Hall–Kier alpha value is -2.54. The predicted octanol–water partition coefficient (Wildman–Crippen LogP) is 4.76. The molecular weight excluding hydrogens is 230 g/mol. The molecule has 0 bridgehead atoms. The maximum absolute atomic E-state index is 2.28. The number of nitrogens with zero attached hydrogens (tertiary/aromatic N) is 1. The fourth-order valence-corrected chi connectivity index (χ4v) is 2.72. The normalized spacial score (nSPS) is 11.2. The molecule has 0 saturated carbocycles. The van der Waals surface area contributed by atoms with E-state index in [0.717, 1.165) is 0 Å². The Bertz CT molecular complexity index is 857. The van der Waals surface area contributed by atoms with E-state index in [1.807, 2.05) is 0 Å². The standard InChI is InChI=1S/C18H13N/c1-2-7-14(8-3-1)16-13-15-9-4-5-10-17(15)19-12-6-11-18(16)19/h1-13H. The third-order valence-electron chi connectivity index (χ3n) is 3.61. The van der Waals surface area contributed by atoms with Crippen LogP contribution in [-0.4, -0.2) is 4.40 Å². The number of hydrogen-bond donors (Lipinski definition) is 0. The van der Waals surface area contributed by atoms with E-state index < -0.39 is 0 Å². The summed E-state index contributed by atoms with van der Waals surface area (Å²) in [5, 5.41) is 1.27. The van der Waals surface area contributed by atoms with Crippen LogP contribution in [0.15, 0.2) is 79.0 Å². The molecule has 0 aliphatic rings. The quantitative estimate of drug-likeness (QED) is 0.454. The summed E-state index contributed by atoms with van der Waals surface area (Å²) in [5.74, 6) is 0. The Morgan fingerprint density at radius 2 is 1.37 bits per heavy atom. The average molecular weight is 243 g/mol. The van der Waals surface area contributed by atoms with Gasteiger partial charge in [0.25, 0.3) is 0 Å². The molecule has 4 aromatic rings. The topological polar surface area (TPSA) is 4.41 Å². The lowest BCUT2D eigenvalue weighted by Crippen LogP contribution is -1.89. The first-order valence-electron chi connectivity index (χ1n) is 6.48. The van der Waals surface area contributed by atoms with Gasteiger partial charge in [-0.15, -0.1) is 0 Å². The van der Waals surface area contributed by atoms with E-state index in [1.165, 1.54) is 27.5 Å². The van der Waals surface area contributed by atoms with E-state index in [1.54, 1.807) is 0 Å². The van der Waals surface area contributed by atoms with Gasteiger partial charge in [-0.1, -0.05) is 48.5 Å². The molecule has 0 amide bonds. The average Bonchev–Trinajstić information content (AvgIpc) is 2.97.